The highest BCUT2D eigenvalue weighted by Crippen LogP contribution is 2.38. The molecule has 0 spiro atoms. The summed E-state index contributed by atoms with van der Waals surface area (Å²) in [5, 5.41) is 3.04. The zero-order chi connectivity index (χ0) is 64.2. The van der Waals surface area contributed by atoms with E-state index in [9.17, 15) is 19.0 Å². The number of nitrogens with zero attached hydrogens (tertiary/aromatic N) is 1. The Kier molecular flexibility index (Phi) is 64.1. The third-order valence-electron chi connectivity index (χ3n) is 15.9. The Labute approximate surface area is 544 Å². The number of likely N-dealkylation sites (N-methyl/N-ethyl adjacent to an activating group) is 1. The lowest BCUT2D eigenvalue weighted by Gasteiger charge is -2.30. The zero-order valence-corrected chi connectivity index (χ0v) is 59.0. The highest BCUT2D eigenvalue weighted by atomic mass is 31.2. The van der Waals surface area contributed by atoms with Crippen LogP contribution in [0, 0.1) is 0 Å². The smallest absolute Gasteiger partial charge is 0.306 e. The van der Waals surface area contributed by atoms with Crippen molar-refractivity contribution in [2.75, 3.05) is 40.9 Å². The van der Waals surface area contributed by atoms with E-state index >= 15 is 0 Å². The van der Waals surface area contributed by atoms with Crippen LogP contribution in [0.4, 0.5) is 0 Å². The number of hydrogen-bond acceptors (Lipinski definition) is 7. The monoisotopic (exact) mass is 1250 g/mol. The number of unbranched alkanes of at least 4 members (excludes halogenated alkanes) is 34. The highest BCUT2D eigenvalue weighted by molar-refractivity contribution is 7.45. The lowest BCUT2D eigenvalue weighted by molar-refractivity contribution is -0.870. The molecule has 0 aliphatic rings. The SMILES string of the molecule is CC/C=C\C/C=C\C/C=C\C/C=C\C/C=C\CCCCCCCCCCCC(=O)NC(COP(=O)([O-])OCC[N+](C)(C)C)C(/C=C/CCCCCCCCCCCC)OC(=O)CCCCCCCCCCCCCC/C=C\C/C=C\C/C=C\CCCCC. The third kappa shape index (κ3) is 67.1. The maximum Gasteiger partial charge on any atom is 0.306 e. The van der Waals surface area contributed by atoms with E-state index in [0.717, 1.165) is 116 Å². The lowest BCUT2D eigenvalue weighted by Crippen LogP contribution is -2.47. The predicted octanol–water partition coefficient (Wildman–Crippen LogP) is 23.0. The van der Waals surface area contributed by atoms with Gasteiger partial charge in [0.15, 0.2) is 0 Å². The molecule has 1 N–H and O–H groups in total. The number of phosphoric ester groups is 1. The number of ether oxygens (including phenoxy) is 1. The van der Waals surface area contributed by atoms with E-state index < -0.39 is 26.6 Å². The van der Waals surface area contributed by atoms with E-state index in [-0.39, 0.29) is 24.9 Å². The molecule has 0 aliphatic heterocycles. The molecular weight excluding hydrogens is 1110 g/mol. The molecule has 10 heteroatoms. The fourth-order valence-electron chi connectivity index (χ4n) is 10.3. The van der Waals surface area contributed by atoms with Gasteiger partial charge in [-0.15, -0.1) is 0 Å². The number of hydrogen-bond donors (Lipinski definition) is 1. The summed E-state index contributed by atoms with van der Waals surface area (Å²) in [6.07, 6.45) is 92.1. The van der Waals surface area contributed by atoms with Crippen LogP contribution in [0.2, 0.25) is 0 Å². The number of allylic oxidation sites excluding steroid dienone is 17. The Balaban J connectivity index is 5.05. The van der Waals surface area contributed by atoms with E-state index in [0.29, 0.717) is 17.4 Å². The largest absolute Gasteiger partial charge is 0.756 e. The first kappa shape index (κ1) is 84.7. The molecule has 0 radical (unpaired) electrons. The average Bonchev–Trinajstić information content (AvgIpc) is 3.71. The summed E-state index contributed by atoms with van der Waals surface area (Å²) in [6, 6.07) is -0.900. The van der Waals surface area contributed by atoms with Gasteiger partial charge in [0.1, 0.15) is 19.3 Å². The zero-order valence-electron chi connectivity index (χ0n) is 58.2. The van der Waals surface area contributed by atoms with E-state index in [1.165, 1.54) is 173 Å². The summed E-state index contributed by atoms with van der Waals surface area (Å²) >= 11 is 0. The molecule has 9 nitrogen and oxygen atoms in total. The van der Waals surface area contributed by atoms with Crippen molar-refractivity contribution in [2.24, 2.45) is 0 Å². The van der Waals surface area contributed by atoms with Crippen molar-refractivity contribution >= 4 is 19.7 Å². The highest BCUT2D eigenvalue weighted by Gasteiger charge is 2.27. The van der Waals surface area contributed by atoms with Gasteiger partial charge in [0, 0.05) is 12.8 Å². The van der Waals surface area contributed by atoms with Crippen molar-refractivity contribution in [3.05, 3.63) is 109 Å². The molecule has 3 unspecified atom stereocenters. The molecule has 0 aromatic heterocycles. The summed E-state index contributed by atoms with van der Waals surface area (Å²) in [5.74, 6) is -0.547. The molecule has 0 saturated carbocycles. The maximum absolute atomic E-state index is 13.6. The molecule has 0 saturated heterocycles. The molecule has 0 aliphatic carbocycles. The first-order valence-corrected chi connectivity index (χ1v) is 38.2. The van der Waals surface area contributed by atoms with Gasteiger partial charge in [0.05, 0.1) is 33.8 Å². The summed E-state index contributed by atoms with van der Waals surface area (Å²) in [4.78, 5) is 40.2. The van der Waals surface area contributed by atoms with Crippen molar-refractivity contribution in [1.82, 2.24) is 5.32 Å². The number of amides is 1. The predicted molar refractivity (Wildman–Crippen MR) is 381 cm³/mol. The van der Waals surface area contributed by atoms with Crippen LogP contribution in [0.5, 0.6) is 0 Å². The lowest BCUT2D eigenvalue weighted by atomic mass is 10.0. The standard InChI is InChI=1S/C78H139N2O7P/c1-7-10-13-16-19-22-25-28-30-32-34-36-38-40-42-44-46-48-50-52-55-58-61-64-67-70-77(81)79-75(74-86-88(83,84)85-73-72-80(4,5)6)76(69-66-63-60-57-54-27-24-21-18-15-12-9-3)87-78(82)71-68-65-62-59-56-53-51-49-47-45-43-41-39-37-35-33-31-29-26-23-20-17-14-11-8-2/h10,13,19-20,22-23,28-31,34-37,40,42,66,69,75-76H,7-9,11-12,14-18,21,24-27,32-33,38-39,41,43-65,67-68,70-74H2,1-6H3,(H-,79,81,83,84)/b13-10-,22-19-,23-20-,30-28-,31-29-,36-34-,37-35-,42-40-,69-66+. The fraction of sp³-hybridized carbons (Fsp3) is 0.744. The molecule has 0 rings (SSSR count). The minimum Gasteiger partial charge on any atom is -0.756 e. The van der Waals surface area contributed by atoms with Gasteiger partial charge >= 0.3 is 5.97 Å². The second-order valence-corrected chi connectivity index (χ2v) is 27.1. The molecule has 88 heavy (non-hydrogen) atoms. The number of carbonyl (C=O) groups excluding carboxylic acids is 2. The molecule has 0 aromatic rings. The first-order valence-electron chi connectivity index (χ1n) is 36.7. The molecular formula is C78H139N2O7P. The number of carbonyl (C=O) groups is 2. The molecule has 0 aromatic carbocycles. The van der Waals surface area contributed by atoms with Crippen LogP contribution in [0.15, 0.2) is 109 Å². The van der Waals surface area contributed by atoms with E-state index in [4.69, 9.17) is 13.8 Å². The van der Waals surface area contributed by atoms with E-state index in [1.807, 2.05) is 33.3 Å². The molecule has 3 atom stereocenters. The number of quaternary nitrogens is 1. The van der Waals surface area contributed by atoms with Crippen LogP contribution < -0.4 is 10.2 Å². The molecule has 1 amide bonds. The van der Waals surface area contributed by atoms with Crippen molar-refractivity contribution in [3.8, 4) is 0 Å². The van der Waals surface area contributed by atoms with E-state index in [1.54, 1.807) is 0 Å². The van der Waals surface area contributed by atoms with Crippen LogP contribution >= 0.6 is 7.82 Å². The van der Waals surface area contributed by atoms with Gasteiger partial charge in [0.25, 0.3) is 7.82 Å². The third-order valence-corrected chi connectivity index (χ3v) is 16.9. The van der Waals surface area contributed by atoms with Gasteiger partial charge in [-0.3, -0.25) is 14.2 Å². The van der Waals surface area contributed by atoms with Crippen LogP contribution in [-0.4, -0.2) is 69.4 Å². The van der Waals surface area contributed by atoms with Gasteiger partial charge in [-0.2, -0.15) is 0 Å². The Hall–Kier alpha value is -3.33. The van der Waals surface area contributed by atoms with Gasteiger partial charge in [-0.1, -0.05) is 304 Å². The van der Waals surface area contributed by atoms with Crippen molar-refractivity contribution in [2.45, 2.75) is 335 Å². The topological polar surface area (TPSA) is 114 Å². The number of rotatable bonds is 66. The number of phosphoric acid groups is 1. The Morgan fingerprint density at radius 1 is 0.409 bits per heavy atom. The van der Waals surface area contributed by atoms with Gasteiger partial charge in [-0.25, -0.2) is 0 Å². The minimum absolute atomic E-state index is 0.0280. The normalized spacial score (nSPS) is 14.1. The quantitative estimate of drug-likeness (QED) is 0.0212. The molecule has 0 heterocycles. The van der Waals surface area contributed by atoms with Crippen molar-refractivity contribution in [1.29, 1.82) is 0 Å². The van der Waals surface area contributed by atoms with Gasteiger partial charge in [0.2, 0.25) is 5.91 Å². The summed E-state index contributed by atoms with van der Waals surface area (Å²) < 4.78 is 30.5. The van der Waals surface area contributed by atoms with Gasteiger partial charge in [-0.05, 0) is 115 Å². The molecule has 0 bridgehead atoms. The molecule has 0 fully saturated rings. The van der Waals surface area contributed by atoms with Crippen LogP contribution in [0.25, 0.3) is 0 Å². The van der Waals surface area contributed by atoms with Gasteiger partial charge < -0.3 is 28.5 Å². The Morgan fingerprint density at radius 2 is 0.727 bits per heavy atom. The summed E-state index contributed by atoms with van der Waals surface area (Å²) in [7, 11) is 1.17. The van der Waals surface area contributed by atoms with Crippen LogP contribution in [-0.2, 0) is 27.9 Å². The fourth-order valence-corrected chi connectivity index (χ4v) is 11.0. The second-order valence-electron chi connectivity index (χ2n) is 25.7. The number of nitrogens with one attached hydrogen (secondary N) is 1. The molecule has 508 valence electrons. The minimum atomic E-state index is -4.71. The summed E-state index contributed by atoms with van der Waals surface area (Å²) in [6.45, 7) is 6.72. The van der Waals surface area contributed by atoms with Crippen LogP contribution in [0.3, 0.4) is 0 Å². The maximum atomic E-state index is 13.6. The first-order chi connectivity index (χ1) is 42.9. The number of esters is 1. The Morgan fingerprint density at radius 3 is 1.11 bits per heavy atom. The van der Waals surface area contributed by atoms with Crippen molar-refractivity contribution in [3.63, 3.8) is 0 Å². The summed E-state index contributed by atoms with van der Waals surface area (Å²) in [5.41, 5.74) is 0. The van der Waals surface area contributed by atoms with Crippen LogP contribution in [0.1, 0.15) is 323 Å². The average molecular weight is 1250 g/mol. The Bertz CT molecular complexity index is 1870. The second kappa shape index (κ2) is 66.6. The van der Waals surface area contributed by atoms with Crippen molar-refractivity contribution < 1.29 is 37.3 Å². The van der Waals surface area contributed by atoms with E-state index in [2.05, 4.69) is 123 Å².